The van der Waals surface area contributed by atoms with Crippen molar-refractivity contribution in [1.29, 1.82) is 0 Å². The number of nitrogens with one attached hydrogen (secondary N) is 1. The summed E-state index contributed by atoms with van der Waals surface area (Å²) in [6.45, 7) is 4.52. The Balaban J connectivity index is 1.56. The van der Waals surface area contributed by atoms with Gasteiger partial charge in [0.15, 0.2) is 0 Å². The molecule has 6 rings (SSSR count). The molecule has 2 aromatic rings. The number of hydrogen-bond acceptors (Lipinski definition) is 4. The summed E-state index contributed by atoms with van der Waals surface area (Å²) >= 11 is 6.33. The second-order valence-corrected chi connectivity index (χ2v) is 9.48. The Morgan fingerprint density at radius 3 is 2.52 bits per heavy atom. The predicted octanol–water partition coefficient (Wildman–Crippen LogP) is 3.39. The lowest BCUT2D eigenvalue weighted by Crippen LogP contribution is -2.54. The molecule has 4 aliphatic heterocycles. The molecule has 4 aliphatic rings. The average molecular weight is 436 g/mol. The highest BCUT2D eigenvalue weighted by Gasteiger charge is 2.74. The van der Waals surface area contributed by atoms with Crippen molar-refractivity contribution in [1.82, 2.24) is 4.90 Å². The maximum absolute atomic E-state index is 13.9. The summed E-state index contributed by atoms with van der Waals surface area (Å²) in [6, 6.07) is 10.9. The zero-order valence-corrected chi connectivity index (χ0v) is 18.1. The molecular weight excluding hydrogens is 414 g/mol. The van der Waals surface area contributed by atoms with Crippen LogP contribution in [0.15, 0.2) is 36.4 Å². The van der Waals surface area contributed by atoms with Crippen molar-refractivity contribution in [3.8, 4) is 0 Å². The molecular formula is C24H22ClN3O3. The average Bonchev–Trinajstić information content (AvgIpc) is 3.45. The van der Waals surface area contributed by atoms with E-state index in [-0.39, 0.29) is 23.8 Å². The lowest BCUT2D eigenvalue weighted by molar-refractivity contribution is -0.135. The fourth-order valence-electron chi connectivity index (χ4n) is 6.34. The zero-order chi connectivity index (χ0) is 21.7. The van der Waals surface area contributed by atoms with Crippen LogP contribution < -0.4 is 10.2 Å². The molecule has 1 N–H and O–H groups in total. The van der Waals surface area contributed by atoms with Gasteiger partial charge in [0.1, 0.15) is 5.54 Å². The minimum Gasteiger partial charge on any atom is -0.324 e. The van der Waals surface area contributed by atoms with E-state index in [9.17, 15) is 14.4 Å². The first-order valence-electron chi connectivity index (χ1n) is 10.7. The van der Waals surface area contributed by atoms with Crippen LogP contribution in [-0.4, -0.2) is 35.2 Å². The van der Waals surface area contributed by atoms with Crippen LogP contribution >= 0.6 is 11.6 Å². The quantitative estimate of drug-likeness (QED) is 0.697. The Kier molecular flexibility index (Phi) is 3.79. The number of carbonyl (C=O) groups is 3. The number of halogens is 1. The Hall–Kier alpha value is -2.70. The standard InChI is InChI=1S/C24H22ClN3O3/c1-12-5-7-14(8-6-12)28-21(29)18-17-4-3-11-27(17)24(19(18)22(28)30)15-9-10-16(25)13(2)20(15)26-23(24)31/h5-10,17-19H,3-4,11H2,1-2H3,(H,26,31)/t17-,18+,19+,24-/m0/s1. The van der Waals surface area contributed by atoms with Crippen molar-refractivity contribution in [3.05, 3.63) is 58.1 Å². The normalized spacial score (nSPS) is 31.4. The molecule has 0 aliphatic carbocycles. The second-order valence-electron chi connectivity index (χ2n) is 9.07. The van der Waals surface area contributed by atoms with Crippen molar-refractivity contribution in [2.24, 2.45) is 11.8 Å². The number of aryl methyl sites for hydroxylation is 1. The minimum atomic E-state index is -1.16. The molecule has 0 saturated carbocycles. The van der Waals surface area contributed by atoms with Crippen molar-refractivity contribution < 1.29 is 14.4 Å². The number of anilines is 2. The lowest BCUT2D eigenvalue weighted by Gasteiger charge is -2.36. The van der Waals surface area contributed by atoms with Gasteiger partial charge >= 0.3 is 0 Å². The second kappa shape index (κ2) is 6.17. The van der Waals surface area contributed by atoms with Crippen LogP contribution in [-0.2, 0) is 19.9 Å². The van der Waals surface area contributed by atoms with Gasteiger partial charge in [-0.15, -0.1) is 0 Å². The molecule has 3 saturated heterocycles. The lowest BCUT2D eigenvalue weighted by atomic mass is 9.75. The van der Waals surface area contributed by atoms with Gasteiger partial charge in [-0.05, 0) is 57.0 Å². The highest BCUT2D eigenvalue weighted by molar-refractivity contribution is 6.32. The summed E-state index contributed by atoms with van der Waals surface area (Å²) in [5.74, 6) is -1.97. The van der Waals surface area contributed by atoms with Gasteiger partial charge in [0.2, 0.25) is 17.7 Å². The minimum absolute atomic E-state index is 0.121. The summed E-state index contributed by atoms with van der Waals surface area (Å²) in [6.07, 6.45) is 1.70. The highest BCUT2D eigenvalue weighted by Crippen LogP contribution is 2.61. The van der Waals surface area contributed by atoms with E-state index in [1.807, 2.05) is 32.0 Å². The monoisotopic (exact) mass is 435 g/mol. The topological polar surface area (TPSA) is 69.7 Å². The molecule has 3 amide bonds. The molecule has 0 bridgehead atoms. The molecule has 4 atom stereocenters. The molecule has 31 heavy (non-hydrogen) atoms. The van der Waals surface area contributed by atoms with Gasteiger partial charge in [-0.2, -0.15) is 0 Å². The molecule has 0 aromatic heterocycles. The smallest absolute Gasteiger partial charge is 0.250 e. The Bertz CT molecular complexity index is 1180. The van der Waals surface area contributed by atoms with Crippen LogP contribution in [0.25, 0.3) is 0 Å². The van der Waals surface area contributed by atoms with E-state index in [1.54, 1.807) is 18.2 Å². The fraction of sp³-hybridized carbons (Fsp3) is 0.375. The van der Waals surface area contributed by atoms with E-state index in [0.29, 0.717) is 22.9 Å². The summed E-state index contributed by atoms with van der Waals surface area (Å²) < 4.78 is 0. The molecule has 2 aromatic carbocycles. The summed E-state index contributed by atoms with van der Waals surface area (Å²) in [5.41, 5.74) is 2.70. The van der Waals surface area contributed by atoms with Gasteiger partial charge in [-0.1, -0.05) is 35.4 Å². The number of hydrogen-bond donors (Lipinski definition) is 1. The first-order valence-corrected chi connectivity index (χ1v) is 11.1. The number of fused-ring (bicyclic) bond motifs is 7. The number of imide groups is 1. The largest absolute Gasteiger partial charge is 0.324 e. The van der Waals surface area contributed by atoms with Gasteiger partial charge in [0.25, 0.3) is 0 Å². The van der Waals surface area contributed by atoms with Crippen LogP contribution in [0.2, 0.25) is 5.02 Å². The van der Waals surface area contributed by atoms with Crippen molar-refractivity contribution in [2.45, 2.75) is 38.3 Å². The molecule has 0 radical (unpaired) electrons. The molecule has 158 valence electrons. The SMILES string of the molecule is Cc1ccc(N2C(=O)[C@@H]3[C@@H]4CCCN4[C@]4(C(=O)Nc5c4ccc(Cl)c5C)[C@H]3C2=O)cc1. The van der Waals surface area contributed by atoms with Gasteiger partial charge in [-0.25, -0.2) is 4.90 Å². The van der Waals surface area contributed by atoms with E-state index in [4.69, 9.17) is 11.6 Å². The van der Waals surface area contributed by atoms with Crippen molar-refractivity contribution in [2.75, 3.05) is 16.8 Å². The number of benzene rings is 2. The van der Waals surface area contributed by atoms with Crippen LogP contribution in [0.5, 0.6) is 0 Å². The Labute approximate surface area is 185 Å². The maximum Gasteiger partial charge on any atom is 0.250 e. The van der Waals surface area contributed by atoms with Crippen LogP contribution in [0.1, 0.15) is 29.5 Å². The summed E-state index contributed by atoms with van der Waals surface area (Å²) in [7, 11) is 0. The number of carbonyl (C=O) groups excluding carboxylic acids is 3. The first-order chi connectivity index (χ1) is 14.9. The summed E-state index contributed by atoms with van der Waals surface area (Å²) in [4.78, 5) is 44.6. The van der Waals surface area contributed by atoms with E-state index >= 15 is 0 Å². The van der Waals surface area contributed by atoms with Gasteiger partial charge in [0, 0.05) is 16.6 Å². The van der Waals surface area contributed by atoms with E-state index in [1.165, 1.54) is 4.90 Å². The van der Waals surface area contributed by atoms with E-state index in [0.717, 1.165) is 29.5 Å². The number of amides is 3. The third-order valence-electron chi connectivity index (χ3n) is 7.65. The molecule has 6 nitrogen and oxygen atoms in total. The van der Waals surface area contributed by atoms with Crippen molar-refractivity contribution in [3.63, 3.8) is 0 Å². The van der Waals surface area contributed by atoms with E-state index in [2.05, 4.69) is 10.2 Å². The van der Waals surface area contributed by atoms with Gasteiger partial charge in [0.05, 0.1) is 23.2 Å². The molecule has 4 heterocycles. The Morgan fingerprint density at radius 1 is 1.03 bits per heavy atom. The van der Waals surface area contributed by atoms with E-state index < -0.39 is 17.4 Å². The molecule has 0 unspecified atom stereocenters. The molecule has 7 heteroatoms. The Morgan fingerprint density at radius 2 is 1.77 bits per heavy atom. The maximum atomic E-state index is 13.9. The van der Waals surface area contributed by atoms with Gasteiger partial charge in [-0.3, -0.25) is 19.3 Å². The number of nitrogens with zero attached hydrogens (tertiary/aromatic N) is 2. The van der Waals surface area contributed by atoms with Crippen LogP contribution in [0.4, 0.5) is 11.4 Å². The highest BCUT2D eigenvalue weighted by atomic mass is 35.5. The predicted molar refractivity (Wildman–Crippen MR) is 117 cm³/mol. The van der Waals surface area contributed by atoms with Crippen LogP contribution in [0, 0.1) is 25.7 Å². The molecule has 3 fully saturated rings. The number of rotatable bonds is 1. The molecule has 1 spiro atoms. The third-order valence-corrected chi connectivity index (χ3v) is 8.06. The van der Waals surface area contributed by atoms with Crippen molar-refractivity contribution >= 4 is 40.7 Å². The fourth-order valence-corrected chi connectivity index (χ4v) is 6.50. The van der Waals surface area contributed by atoms with Crippen LogP contribution in [0.3, 0.4) is 0 Å². The third kappa shape index (κ3) is 2.14. The summed E-state index contributed by atoms with van der Waals surface area (Å²) in [5, 5.41) is 3.58. The zero-order valence-electron chi connectivity index (χ0n) is 17.3. The first kappa shape index (κ1) is 19.0. The van der Waals surface area contributed by atoms with Gasteiger partial charge < -0.3 is 5.32 Å².